The van der Waals surface area contributed by atoms with Gasteiger partial charge in [0, 0.05) is 12.0 Å². The van der Waals surface area contributed by atoms with Crippen LogP contribution in [0.2, 0.25) is 0 Å². The molecule has 1 saturated carbocycles. The molecule has 1 amide bonds. The fourth-order valence-electron chi connectivity index (χ4n) is 3.19. The van der Waals surface area contributed by atoms with E-state index in [0.717, 1.165) is 12.8 Å². The Morgan fingerprint density at radius 3 is 2.65 bits per heavy atom. The highest BCUT2D eigenvalue weighted by Gasteiger charge is 2.34. The maximum atomic E-state index is 11.8. The van der Waals surface area contributed by atoms with Crippen molar-refractivity contribution in [3.63, 3.8) is 0 Å². The van der Waals surface area contributed by atoms with Crippen LogP contribution in [0.4, 0.5) is 0 Å². The van der Waals surface area contributed by atoms with Crippen molar-refractivity contribution in [3.8, 4) is 0 Å². The second-order valence-electron chi connectivity index (χ2n) is 6.22. The number of carbonyl (C=O) groups excluding carboxylic acids is 1. The summed E-state index contributed by atoms with van der Waals surface area (Å²) < 4.78 is 0. The van der Waals surface area contributed by atoms with Gasteiger partial charge in [0.25, 0.3) is 0 Å². The Morgan fingerprint density at radius 1 is 1.35 bits per heavy atom. The van der Waals surface area contributed by atoms with Gasteiger partial charge < -0.3 is 11.1 Å². The van der Waals surface area contributed by atoms with Gasteiger partial charge in [-0.2, -0.15) is 0 Å². The molecule has 1 fully saturated rings. The minimum Gasteiger partial charge on any atom is -0.354 e. The van der Waals surface area contributed by atoms with Crippen molar-refractivity contribution in [2.75, 3.05) is 6.54 Å². The van der Waals surface area contributed by atoms with E-state index >= 15 is 0 Å². The van der Waals surface area contributed by atoms with Gasteiger partial charge in [-0.05, 0) is 32.3 Å². The highest BCUT2D eigenvalue weighted by molar-refractivity contribution is 5.81. The van der Waals surface area contributed by atoms with Crippen LogP contribution in [0.25, 0.3) is 0 Å². The van der Waals surface area contributed by atoms with Gasteiger partial charge in [0.1, 0.15) is 0 Å². The molecule has 0 bridgehead atoms. The third-order valence-corrected chi connectivity index (χ3v) is 4.46. The van der Waals surface area contributed by atoms with Crippen molar-refractivity contribution in [1.29, 1.82) is 0 Å². The number of benzene rings is 1. The van der Waals surface area contributed by atoms with Gasteiger partial charge in [-0.15, -0.1) is 0 Å². The zero-order valence-electron chi connectivity index (χ0n) is 12.6. The van der Waals surface area contributed by atoms with Gasteiger partial charge in [-0.25, -0.2) is 0 Å². The van der Waals surface area contributed by atoms with E-state index in [1.165, 1.54) is 30.4 Å². The lowest BCUT2D eigenvalue weighted by molar-refractivity contribution is -0.122. The lowest BCUT2D eigenvalue weighted by Crippen LogP contribution is -2.46. The van der Waals surface area contributed by atoms with Crippen LogP contribution in [0, 0.1) is 6.92 Å². The molecule has 3 N–H and O–H groups in total. The molecule has 0 radical (unpaired) electrons. The average molecular weight is 274 g/mol. The van der Waals surface area contributed by atoms with Gasteiger partial charge in [-0.1, -0.05) is 49.1 Å². The van der Waals surface area contributed by atoms with Crippen molar-refractivity contribution in [1.82, 2.24) is 5.32 Å². The van der Waals surface area contributed by atoms with Gasteiger partial charge in [0.2, 0.25) is 5.91 Å². The summed E-state index contributed by atoms with van der Waals surface area (Å²) in [6.07, 6.45) is 6.07. The molecular formula is C17H26N2O. The molecule has 0 aliphatic heterocycles. The summed E-state index contributed by atoms with van der Waals surface area (Å²) >= 11 is 0. The number of carbonyl (C=O) groups is 1. The summed E-state index contributed by atoms with van der Waals surface area (Å²) in [4.78, 5) is 11.8. The van der Waals surface area contributed by atoms with E-state index in [4.69, 9.17) is 5.73 Å². The Kier molecular flexibility index (Phi) is 4.81. The second-order valence-corrected chi connectivity index (χ2v) is 6.22. The third-order valence-electron chi connectivity index (χ3n) is 4.46. The van der Waals surface area contributed by atoms with Crippen LogP contribution < -0.4 is 11.1 Å². The molecule has 0 unspecified atom stereocenters. The molecule has 1 aromatic rings. The quantitative estimate of drug-likeness (QED) is 0.887. The number of nitrogens with one attached hydrogen (secondary N) is 1. The normalized spacial score (nSPS) is 19.4. The molecule has 0 aromatic heterocycles. The zero-order chi connectivity index (χ0) is 14.6. The van der Waals surface area contributed by atoms with E-state index in [2.05, 4.69) is 36.5 Å². The molecule has 3 heteroatoms. The first-order valence-electron chi connectivity index (χ1n) is 7.64. The summed E-state index contributed by atoms with van der Waals surface area (Å²) in [5.74, 6) is -0.0531. The van der Waals surface area contributed by atoms with Crippen molar-refractivity contribution in [2.24, 2.45) is 5.73 Å². The van der Waals surface area contributed by atoms with E-state index in [-0.39, 0.29) is 11.3 Å². The lowest BCUT2D eigenvalue weighted by atomic mass is 9.69. The molecule has 1 atom stereocenters. The van der Waals surface area contributed by atoms with Gasteiger partial charge in [0.05, 0.1) is 6.04 Å². The largest absolute Gasteiger partial charge is 0.354 e. The topological polar surface area (TPSA) is 55.1 Å². The van der Waals surface area contributed by atoms with Crippen LogP contribution in [-0.2, 0) is 10.2 Å². The van der Waals surface area contributed by atoms with E-state index in [9.17, 15) is 4.79 Å². The van der Waals surface area contributed by atoms with Gasteiger partial charge >= 0.3 is 0 Å². The van der Waals surface area contributed by atoms with Gasteiger partial charge in [-0.3, -0.25) is 4.79 Å². The molecule has 1 aliphatic carbocycles. The first-order valence-corrected chi connectivity index (χ1v) is 7.64. The van der Waals surface area contributed by atoms with Crippen LogP contribution in [0.15, 0.2) is 24.3 Å². The van der Waals surface area contributed by atoms with Crippen molar-refractivity contribution < 1.29 is 4.79 Å². The Bertz CT molecular complexity index is 462. The number of hydrogen-bond donors (Lipinski definition) is 2. The molecule has 3 nitrogen and oxygen atoms in total. The zero-order valence-corrected chi connectivity index (χ0v) is 12.6. The van der Waals surface area contributed by atoms with E-state index in [0.29, 0.717) is 6.54 Å². The van der Waals surface area contributed by atoms with Crippen molar-refractivity contribution in [3.05, 3.63) is 35.4 Å². The van der Waals surface area contributed by atoms with Crippen molar-refractivity contribution in [2.45, 2.75) is 57.4 Å². The fraction of sp³-hybridized carbons (Fsp3) is 0.588. The standard InChI is InChI=1S/C17H26N2O/c1-13-7-6-8-15(11-13)17(9-4-3-5-10-17)12-19-16(20)14(2)18/h6-8,11,14H,3-5,9-10,12,18H2,1-2H3,(H,19,20)/t14-/m0/s1. The predicted octanol–water partition coefficient (Wildman–Crippen LogP) is 2.66. The SMILES string of the molecule is Cc1cccc(C2(CNC(=O)[C@H](C)N)CCCCC2)c1. The van der Waals surface area contributed by atoms with Crippen LogP contribution in [0.5, 0.6) is 0 Å². The van der Waals surface area contributed by atoms with Crippen LogP contribution in [0.3, 0.4) is 0 Å². The molecular weight excluding hydrogens is 248 g/mol. The molecule has 1 aliphatic rings. The number of rotatable bonds is 4. The summed E-state index contributed by atoms with van der Waals surface area (Å²) in [6.45, 7) is 4.56. The smallest absolute Gasteiger partial charge is 0.236 e. The number of aryl methyl sites for hydroxylation is 1. The number of nitrogens with two attached hydrogens (primary N) is 1. The monoisotopic (exact) mass is 274 g/mol. The van der Waals surface area contributed by atoms with E-state index < -0.39 is 6.04 Å². The van der Waals surface area contributed by atoms with Crippen LogP contribution >= 0.6 is 0 Å². The summed E-state index contributed by atoms with van der Waals surface area (Å²) in [7, 11) is 0. The maximum Gasteiger partial charge on any atom is 0.236 e. The number of hydrogen-bond acceptors (Lipinski definition) is 2. The molecule has 0 spiro atoms. The maximum absolute atomic E-state index is 11.8. The fourth-order valence-corrected chi connectivity index (χ4v) is 3.19. The molecule has 2 rings (SSSR count). The highest BCUT2D eigenvalue weighted by Crippen LogP contribution is 2.39. The summed E-state index contributed by atoms with van der Waals surface area (Å²) in [5, 5.41) is 3.05. The summed E-state index contributed by atoms with van der Waals surface area (Å²) in [5.41, 5.74) is 8.38. The molecule has 110 valence electrons. The predicted molar refractivity (Wildman–Crippen MR) is 82.6 cm³/mol. The van der Waals surface area contributed by atoms with Crippen LogP contribution in [0.1, 0.15) is 50.2 Å². The molecule has 0 saturated heterocycles. The Labute approximate surface area is 121 Å². The van der Waals surface area contributed by atoms with Crippen molar-refractivity contribution >= 4 is 5.91 Å². The highest BCUT2D eigenvalue weighted by atomic mass is 16.2. The summed E-state index contributed by atoms with van der Waals surface area (Å²) in [6, 6.07) is 8.28. The number of amides is 1. The first kappa shape index (κ1) is 15.0. The van der Waals surface area contributed by atoms with E-state index in [1.807, 2.05) is 0 Å². The van der Waals surface area contributed by atoms with Gasteiger partial charge in [0.15, 0.2) is 0 Å². The lowest BCUT2D eigenvalue weighted by Gasteiger charge is -2.38. The Hall–Kier alpha value is -1.35. The minimum absolute atomic E-state index is 0.0531. The van der Waals surface area contributed by atoms with Crippen LogP contribution in [-0.4, -0.2) is 18.5 Å². The minimum atomic E-state index is -0.437. The molecule has 1 aromatic carbocycles. The molecule has 20 heavy (non-hydrogen) atoms. The van der Waals surface area contributed by atoms with E-state index in [1.54, 1.807) is 6.92 Å². The molecule has 0 heterocycles. The Balaban J connectivity index is 2.19. The Morgan fingerprint density at radius 2 is 2.05 bits per heavy atom. The first-order chi connectivity index (χ1) is 9.53. The third kappa shape index (κ3) is 3.40. The second kappa shape index (κ2) is 6.40. The average Bonchev–Trinajstić information content (AvgIpc) is 2.45.